The molecule has 0 saturated heterocycles. The summed E-state index contributed by atoms with van der Waals surface area (Å²) in [5, 5.41) is 10.5. The van der Waals surface area contributed by atoms with E-state index in [1.807, 2.05) is 36.4 Å². The first-order chi connectivity index (χ1) is 12.7. The summed E-state index contributed by atoms with van der Waals surface area (Å²) in [5.74, 6) is 1.76. The number of thioether (sulfide) groups is 1. The van der Waals surface area contributed by atoms with E-state index < -0.39 is 0 Å². The zero-order valence-corrected chi connectivity index (χ0v) is 15.2. The van der Waals surface area contributed by atoms with Crippen LogP contribution in [-0.2, 0) is 4.79 Å². The Hall–Kier alpha value is -2.80. The van der Waals surface area contributed by atoms with Gasteiger partial charge in [0.2, 0.25) is 11.8 Å². The molecule has 0 unspecified atom stereocenters. The molecule has 1 aromatic heterocycles. The molecule has 26 heavy (non-hydrogen) atoms. The molecule has 1 heterocycles. The molecule has 134 valence electrons. The monoisotopic (exact) mass is 369 g/mol. The first-order valence-electron chi connectivity index (χ1n) is 8.20. The number of ether oxygens (including phenoxy) is 1. The molecule has 0 atom stereocenters. The number of carbonyl (C=O) groups excluding carboxylic acids is 1. The molecule has 3 aromatic rings. The second kappa shape index (κ2) is 9.05. The quantitative estimate of drug-likeness (QED) is 0.472. The lowest BCUT2D eigenvalue weighted by Crippen LogP contribution is -2.11. The molecule has 0 saturated carbocycles. The highest BCUT2D eigenvalue weighted by Gasteiger charge is 2.11. The van der Waals surface area contributed by atoms with E-state index in [2.05, 4.69) is 27.6 Å². The van der Waals surface area contributed by atoms with Crippen molar-refractivity contribution in [2.75, 3.05) is 18.2 Å². The Kier molecular flexibility index (Phi) is 6.27. The Morgan fingerprint density at radius 2 is 2.00 bits per heavy atom. The van der Waals surface area contributed by atoms with Gasteiger partial charge in [-0.3, -0.25) is 10.1 Å². The smallest absolute Gasteiger partial charge is 0.322 e. The van der Waals surface area contributed by atoms with Crippen LogP contribution >= 0.6 is 11.8 Å². The van der Waals surface area contributed by atoms with Crippen LogP contribution in [0.15, 0.2) is 63.9 Å². The van der Waals surface area contributed by atoms with Crippen LogP contribution in [0.2, 0.25) is 0 Å². The average Bonchev–Trinajstić information content (AvgIpc) is 3.14. The number of aromatic nitrogens is 2. The number of benzene rings is 2. The van der Waals surface area contributed by atoms with Gasteiger partial charge in [-0.1, -0.05) is 29.4 Å². The van der Waals surface area contributed by atoms with Crippen LogP contribution in [0, 0.1) is 0 Å². The number of carbonyl (C=O) groups is 1. The second-order valence-electron chi connectivity index (χ2n) is 5.46. The van der Waals surface area contributed by atoms with E-state index in [4.69, 9.17) is 9.15 Å². The Morgan fingerprint density at radius 1 is 1.15 bits per heavy atom. The van der Waals surface area contributed by atoms with E-state index in [0.29, 0.717) is 18.1 Å². The number of nitrogens with zero attached hydrogens (tertiary/aromatic N) is 2. The summed E-state index contributed by atoms with van der Waals surface area (Å²) in [6.07, 6.45) is 1.17. The fraction of sp³-hybridized carbons (Fsp3) is 0.211. The summed E-state index contributed by atoms with van der Waals surface area (Å²) in [5.41, 5.74) is 0.733. The van der Waals surface area contributed by atoms with Gasteiger partial charge in [0, 0.05) is 16.9 Å². The standard InChI is InChI=1S/C19H19N3O3S/c1-24-15-8-5-7-14(13-15)18-21-22-19(25-18)20-17(23)11-6-12-26-16-9-3-2-4-10-16/h2-5,7-10,13H,6,11-12H2,1H3,(H,20,22,23). The maximum Gasteiger partial charge on any atom is 0.322 e. The Labute approximate surface area is 156 Å². The first kappa shape index (κ1) is 18.0. The van der Waals surface area contributed by atoms with Crippen LogP contribution in [0.4, 0.5) is 6.01 Å². The van der Waals surface area contributed by atoms with Gasteiger partial charge in [-0.15, -0.1) is 16.9 Å². The minimum absolute atomic E-state index is 0.100. The topological polar surface area (TPSA) is 77.3 Å². The Balaban J connectivity index is 1.46. The van der Waals surface area contributed by atoms with E-state index in [1.165, 1.54) is 4.90 Å². The van der Waals surface area contributed by atoms with Crippen molar-refractivity contribution in [2.45, 2.75) is 17.7 Å². The molecule has 2 aromatic carbocycles. The fourth-order valence-corrected chi connectivity index (χ4v) is 3.14. The van der Waals surface area contributed by atoms with Crippen molar-refractivity contribution in [3.63, 3.8) is 0 Å². The number of anilines is 1. The van der Waals surface area contributed by atoms with Crippen LogP contribution in [0.5, 0.6) is 5.75 Å². The SMILES string of the molecule is COc1cccc(-c2nnc(NC(=O)CCCSc3ccccc3)o2)c1. The van der Waals surface area contributed by atoms with Gasteiger partial charge < -0.3 is 9.15 Å². The highest BCUT2D eigenvalue weighted by Crippen LogP contribution is 2.24. The third-order valence-corrected chi connectivity index (χ3v) is 4.65. The number of methoxy groups -OCH3 is 1. The van der Waals surface area contributed by atoms with E-state index >= 15 is 0 Å². The van der Waals surface area contributed by atoms with Crippen molar-refractivity contribution in [2.24, 2.45) is 0 Å². The van der Waals surface area contributed by atoms with E-state index in [9.17, 15) is 4.79 Å². The summed E-state index contributed by atoms with van der Waals surface area (Å²) in [7, 11) is 1.59. The van der Waals surface area contributed by atoms with Crippen LogP contribution in [0.1, 0.15) is 12.8 Å². The van der Waals surface area contributed by atoms with Crippen molar-refractivity contribution < 1.29 is 13.9 Å². The zero-order chi connectivity index (χ0) is 18.2. The van der Waals surface area contributed by atoms with Crippen molar-refractivity contribution in [3.05, 3.63) is 54.6 Å². The highest BCUT2D eigenvalue weighted by atomic mass is 32.2. The molecular weight excluding hydrogens is 350 g/mol. The third-order valence-electron chi connectivity index (χ3n) is 3.55. The number of hydrogen-bond donors (Lipinski definition) is 1. The second-order valence-corrected chi connectivity index (χ2v) is 6.63. The van der Waals surface area contributed by atoms with Crippen molar-refractivity contribution >= 4 is 23.7 Å². The van der Waals surface area contributed by atoms with E-state index in [1.54, 1.807) is 24.9 Å². The van der Waals surface area contributed by atoms with Gasteiger partial charge in [-0.25, -0.2) is 0 Å². The molecule has 1 amide bonds. The molecule has 0 spiro atoms. The van der Waals surface area contributed by atoms with Crippen molar-refractivity contribution in [1.82, 2.24) is 10.2 Å². The maximum absolute atomic E-state index is 12.0. The molecule has 3 rings (SSSR count). The largest absolute Gasteiger partial charge is 0.497 e. The lowest BCUT2D eigenvalue weighted by Gasteiger charge is -2.02. The number of hydrogen-bond acceptors (Lipinski definition) is 6. The average molecular weight is 369 g/mol. The first-order valence-corrected chi connectivity index (χ1v) is 9.19. The molecule has 0 aliphatic rings. The molecule has 6 nitrogen and oxygen atoms in total. The Morgan fingerprint density at radius 3 is 2.81 bits per heavy atom. The van der Waals surface area contributed by atoms with Crippen LogP contribution in [0.3, 0.4) is 0 Å². The summed E-state index contributed by atoms with van der Waals surface area (Å²) in [4.78, 5) is 13.2. The molecule has 7 heteroatoms. The van der Waals surface area contributed by atoms with Crippen molar-refractivity contribution in [3.8, 4) is 17.2 Å². The minimum atomic E-state index is -0.139. The van der Waals surface area contributed by atoms with Gasteiger partial charge in [-0.05, 0) is 42.5 Å². The summed E-state index contributed by atoms with van der Waals surface area (Å²) < 4.78 is 10.7. The van der Waals surface area contributed by atoms with Gasteiger partial charge >= 0.3 is 6.01 Å². The lowest BCUT2D eigenvalue weighted by atomic mass is 10.2. The molecule has 1 N–H and O–H groups in total. The molecule has 0 aliphatic carbocycles. The summed E-state index contributed by atoms with van der Waals surface area (Å²) >= 11 is 1.73. The summed E-state index contributed by atoms with van der Waals surface area (Å²) in [6, 6.07) is 17.5. The Bertz CT molecular complexity index is 852. The zero-order valence-electron chi connectivity index (χ0n) is 14.3. The molecule has 0 bridgehead atoms. The lowest BCUT2D eigenvalue weighted by molar-refractivity contribution is -0.116. The minimum Gasteiger partial charge on any atom is -0.497 e. The number of nitrogens with one attached hydrogen (secondary N) is 1. The predicted molar refractivity (Wildman–Crippen MR) is 101 cm³/mol. The normalized spacial score (nSPS) is 10.5. The molecular formula is C19H19N3O3S. The van der Waals surface area contributed by atoms with Crippen LogP contribution in [-0.4, -0.2) is 29.0 Å². The van der Waals surface area contributed by atoms with Crippen molar-refractivity contribution in [1.29, 1.82) is 0 Å². The molecule has 0 aliphatic heterocycles. The van der Waals surface area contributed by atoms with Gasteiger partial charge in [0.25, 0.3) is 0 Å². The van der Waals surface area contributed by atoms with Crippen LogP contribution in [0.25, 0.3) is 11.5 Å². The van der Waals surface area contributed by atoms with Crippen LogP contribution < -0.4 is 10.1 Å². The summed E-state index contributed by atoms with van der Waals surface area (Å²) in [6.45, 7) is 0. The van der Waals surface area contributed by atoms with E-state index in [-0.39, 0.29) is 11.9 Å². The predicted octanol–water partition coefficient (Wildman–Crippen LogP) is 4.26. The number of amides is 1. The molecule has 0 fully saturated rings. The fourth-order valence-electron chi connectivity index (χ4n) is 2.27. The van der Waals surface area contributed by atoms with Gasteiger partial charge in [-0.2, -0.15) is 0 Å². The highest BCUT2D eigenvalue weighted by molar-refractivity contribution is 7.99. The maximum atomic E-state index is 12.0. The molecule has 0 radical (unpaired) electrons. The van der Waals surface area contributed by atoms with Gasteiger partial charge in [0.1, 0.15) is 5.75 Å². The van der Waals surface area contributed by atoms with Gasteiger partial charge in [0.05, 0.1) is 7.11 Å². The number of rotatable bonds is 8. The van der Waals surface area contributed by atoms with Gasteiger partial charge in [0.15, 0.2) is 0 Å². The third kappa shape index (κ3) is 5.10. The van der Waals surface area contributed by atoms with E-state index in [0.717, 1.165) is 17.7 Å².